The maximum Gasteiger partial charge on any atom is 0.221 e. The molecule has 1 saturated carbocycles. The summed E-state index contributed by atoms with van der Waals surface area (Å²) in [5.41, 5.74) is 6.40. The van der Waals surface area contributed by atoms with Crippen molar-refractivity contribution >= 4 is 5.91 Å². The van der Waals surface area contributed by atoms with E-state index in [9.17, 15) is 4.79 Å². The van der Waals surface area contributed by atoms with Crippen LogP contribution < -0.4 is 11.1 Å². The van der Waals surface area contributed by atoms with Crippen LogP contribution in [0.3, 0.4) is 0 Å². The van der Waals surface area contributed by atoms with Gasteiger partial charge in [-0.25, -0.2) is 0 Å². The molecule has 0 spiro atoms. The molecule has 118 valence electrons. The fourth-order valence-electron chi connectivity index (χ4n) is 3.04. The Balaban J connectivity index is 2.34. The number of rotatable bonds is 6. The Labute approximate surface area is 125 Å². The summed E-state index contributed by atoms with van der Waals surface area (Å²) in [6.45, 7) is 11.2. The van der Waals surface area contributed by atoms with E-state index in [0.717, 1.165) is 18.8 Å². The second-order valence-corrected chi connectivity index (χ2v) is 7.57. The molecule has 1 unspecified atom stereocenters. The Bertz CT molecular complexity index is 304. The van der Waals surface area contributed by atoms with Crippen molar-refractivity contribution in [3.05, 3.63) is 0 Å². The van der Waals surface area contributed by atoms with Crippen LogP contribution in [0.1, 0.15) is 73.1 Å². The van der Waals surface area contributed by atoms with Crippen molar-refractivity contribution in [3.63, 3.8) is 0 Å². The van der Waals surface area contributed by atoms with Crippen LogP contribution in [0, 0.1) is 17.3 Å². The fraction of sp³-hybridized carbons (Fsp3) is 0.941. The first-order chi connectivity index (χ1) is 9.26. The number of carbonyl (C=O) groups excluding carboxylic acids is 1. The number of amides is 1. The summed E-state index contributed by atoms with van der Waals surface area (Å²) in [5, 5.41) is 3.18. The molecular formula is C17H34N2O. The van der Waals surface area contributed by atoms with Gasteiger partial charge in [-0.2, -0.15) is 0 Å². The van der Waals surface area contributed by atoms with Gasteiger partial charge >= 0.3 is 0 Å². The van der Waals surface area contributed by atoms with Gasteiger partial charge in [-0.15, -0.1) is 0 Å². The highest BCUT2D eigenvalue weighted by Gasteiger charge is 2.32. The molecule has 1 aliphatic carbocycles. The average molecular weight is 282 g/mol. The van der Waals surface area contributed by atoms with Crippen molar-refractivity contribution in [2.24, 2.45) is 23.0 Å². The van der Waals surface area contributed by atoms with Gasteiger partial charge in [0.2, 0.25) is 5.91 Å². The van der Waals surface area contributed by atoms with Crippen molar-refractivity contribution in [1.29, 1.82) is 0 Å². The van der Waals surface area contributed by atoms with Gasteiger partial charge in [0, 0.05) is 18.5 Å². The summed E-state index contributed by atoms with van der Waals surface area (Å²) in [6, 6.07) is 0.344. The molecule has 0 aromatic carbocycles. The molecule has 0 aliphatic heterocycles. The molecule has 1 aliphatic rings. The van der Waals surface area contributed by atoms with Crippen LogP contribution in [0.2, 0.25) is 0 Å². The molecule has 0 heterocycles. The summed E-state index contributed by atoms with van der Waals surface area (Å²) in [7, 11) is 0. The molecular weight excluding hydrogens is 248 g/mol. The van der Waals surface area contributed by atoms with E-state index in [0.29, 0.717) is 23.8 Å². The van der Waals surface area contributed by atoms with Crippen molar-refractivity contribution in [1.82, 2.24) is 5.32 Å². The van der Waals surface area contributed by atoms with E-state index in [1.165, 1.54) is 19.3 Å². The minimum Gasteiger partial charge on any atom is -0.353 e. The monoisotopic (exact) mass is 282 g/mol. The molecule has 1 atom stereocenters. The summed E-state index contributed by atoms with van der Waals surface area (Å²) in [6.07, 6.45) is 6.41. The predicted octanol–water partition coefficient (Wildman–Crippen LogP) is 3.47. The van der Waals surface area contributed by atoms with Crippen molar-refractivity contribution in [2.75, 3.05) is 0 Å². The lowest BCUT2D eigenvalue weighted by atomic mass is 9.69. The zero-order chi connectivity index (χ0) is 15.3. The van der Waals surface area contributed by atoms with Crippen molar-refractivity contribution < 1.29 is 4.79 Å². The average Bonchev–Trinajstić information content (AvgIpc) is 2.39. The Kier molecular flexibility index (Phi) is 6.50. The normalized spacial score (nSPS) is 25.6. The summed E-state index contributed by atoms with van der Waals surface area (Å²) in [5.74, 6) is 1.30. The van der Waals surface area contributed by atoms with Gasteiger partial charge in [0.15, 0.2) is 0 Å². The molecule has 0 aromatic heterocycles. The smallest absolute Gasteiger partial charge is 0.221 e. The van der Waals surface area contributed by atoms with Crippen LogP contribution in [0.5, 0.6) is 0 Å². The first-order valence-corrected chi connectivity index (χ1v) is 8.31. The Morgan fingerprint density at radius 2 is 1.80 bits per heavy atom. The van der Waals surface area contributed by atoms with Crippen LogP contribution in [0.15, 0.2) is 0 Å². The molecule has 1 amide bonds. The Morgan fingerprint density at radius 1 is 1.25 bits per heavy atom. The second kappa shape index (κ2) is 7.44. The molecule has 3 nitrogen and oxygen atoms in total. The summed E-state index contributed by atoms with van der Waals surface area (Å²) < 4.78 is 0. The van der Waals surface area contributed by atoms with Crippen LogP contribution in [0.4, 0.5) is 0 Å². The number of hydrogen-bond donors (Lipinski definition) is 2. The van der Waals surface area contributed by atoms with Crippen LogP contribution >= 0.6 is 0 Å². The van der Waals surface area contributed by atoms with Gasteiger partial charge in [0.1, 0.15) is 0 Å². The van der Waals surface area contributed by atoms with E-state index in [1.54, 1.807) is 0 Å². The van der Waals surface area contributed by atoms with Gasteiger partial charge in [0.05, 0.1) is 0 Å². The molecule has 20 heavy (non-hydrogen) atoms. The van der Waals surface area contributed by atoms with E-state index in [-0.39, 0.29) is 11.9 Å². The molecule has 0 bridgehead atoms. The quantitative estimate of drug-likeness (QED) is 0.783. The van der Waals surface area contributed by atoms with E-state index in [4.69, 9.17) is 5.73 Å². The number of hydrogen-bond acceptors (Lipinski definition) is 2. The fourth-order valence-corrected chi connectivity index (χ4v) is 3.04. The van der Waals surface area contributed by atoms with Gasteiger partial charge in [-0.1, -0.05) is 41.0 Å². The third-order valence-corrected chi connectivity index (χ3v) is 5.39. The first-order valence-electron chi connectivity index (χ1n) is 8.31. The Hall–Kier alpha value is -0.570. The van der Waals surface area contributed by atoms with Crippen molar-refractivity contribution in [2.45, 2.75) is 85.2 Å². The predicted molar refractivity (Wildman–Crippen MR) is 85.4 cm³/mol. The SMILES string of the molecule is CCC(C)(C)C1CCC(NC(=O)CC(N)C(C)C)CC1. The van der Waals surface area contributed by atoms with Crippen LogP contribution in [-0.2, 0) is 4.79 Å². The lowest BCUT2D eigenvalue weighted by Crippen LogP contribution is -2.42. The lowest BCUT2D eigenvalue weighted by molar-refractivity contribution is -0.122. The maximum atomic E-state index is 12.0. The molecule has 1 fully saturated rings. The summed E-state index contributed by atoms with van der Waals surface area (Å²) >= 11 is 0. The maximum absolute atomic E-state index is 12.0. The number of nitrogens with one attached hydrogen (secondary N) is 1. The minimum atomic E-state index is -0.0228. The highest BCUT2D eigenvalue weighted by molar-refractivity contribution is 5.76. The molecule has 0 radical (unpaired) electrons. The first kappa shape index (κ1) is 17.5. The largest absolute Gasteiger partial charge is 0.353 e. The van der Waals surface area contributed by atoms with E-state index in [2.05, 4.69) is 39.9 Å². The summed E-state index contributed by atoms with van der Waals surface area (Å²) in [4.78, 5) is 12.0. The third-order valence-electron chi connectivity index (χ3n) is 5.39. The van der Waals surface area contributed by atoms with Gasteiger partial charge in [-0.3, -0.25) is 4.79 Å². The van der Waals surface area contributed by atoms with E-state index in [1.807, 2.05) is 0 Å². The van der Waals surface area contributed by atoms with Crippen molar-refractivity contribution in [3.8, 4) is 0 Å². The Morgan fingerprint density at radius 3 is 2.25 bits per heavy atom. The molecule has 3 heteroatoms. The number of nitrogens with two attached hydrogens (primary N) is 1. The lowest BCUT2D eigenvalue weighted by Gasteiger charge is -2.39. The highest BCUT2D eigenvalue weighted by atomic mass is 16.1. The third kappa shape index (κ3) is 5.08. The van der Waals surface area contributed by atoms with Gasteiger partial charge in [0.25, 0.3) is 0 Å². The van der Waals surface area contributed by atoms with Crippen LogP contribution in [0.25, 0.3) is 0 Å². The minimum absolute atomic E-state index is 0.0228. The molecule has 3 N–H and O–H groups in total. The van der Waals surface area contributed by atoms with Gasteiger partial charge in [-0.05, 0) is 42.9 Å². The molecule has 1 rings (SSSR count). The zero-order valence-electron chi connectivity index (χ0n) is 14.0. The van der Waals surface area contributed by atoms with E-state index < -0.39 is 0 Å². The van der Waals surface area contributed by atoms with E-state index >= 15 is 0 Å². The highest BCUT2D eigenvalue weighted by Crippen LogP contribution is 2.40. The van der Waals surface area contributed by atoms with Gasteiger partial charge < -0.3 is 11.1 Å². The molecule has 0 aromatic rings. The number of carbonyl (C=O) groups is 1. The standard InChI is InChI=1S/C17H34N2O/c1-6-17(4,5)13-7-9-14(10-8-13)19-16(20)11-15(18)12(2)3/h12-15H,6-11,18H2,1-5H3,(H,19,20). The topological polar surface area (TPSA) is 55.1 Å². The molecule has 0 saturated heterocycles. The van der Waals surface area contributed by atoms with Crippen LogP contribution in [-0.4, -0.2) is 18.0 Å². The zero-order valence-corrected chi connectivity index (χ0v) is 14.0. The second-order valence-electron chi connectivity index (χ2n) is 7.57.